The Morgan fingerprint density at radius 3 is 2.50 bits per heavy atom. The van der Waals surface area contributed by atoms with Gasteiger partial charge in [-0.15, -0.1) is 0 Å². The molecular weight excluding hydrogens is 224 g/mol. The number of aliphatic hydroxyl groups excluding tert-OH is 1. The third kappa shape index (κ3) is 1.69. The molecule has 0 spiro atoms. The molecule has 4 unspecified atom stereocenters. The summed E-state index contributed by atoms with van der Waals surface area (Å²) in [6.45, 7) is 4.25. The molecule has 0 aromatic heterocycles. The molecule has 18 heavy (non-hydrogen) atoms. The maximum atomic E-state index is 9.80. The molecule has 1 fully saturated rings. The summed E-state index contributed by atoms with van der Waals surface area (Å²) < 4.78 is 0. The molecular formula is C15H22N2O. The van der Waals surface area contributed by atoms with Gasteiger partial charge in [-0.2, -0.15) is 0 Å². The quantitative estimate of drug-likeness (QED) is 0.747. The van der Waals surface area contributed by atoms with Crippen molar-refractivity contribution in [2.45, 2.75) is 50.9 Å². The lowest BCUT2D eigenvalue weighted by Gasteiger charge is -2.50. The zero-order valence-electron chi connectivity index (χ0n) is 11.1. The summed E-state index contributed by atoms with van der Waals surface area (Å²) in [5.74, 6) is 0. The van der Waals surface area contributed by atoms with Crippen LogP contribution in [0.4, 0.5) is 0 Å². The molecule has 98 valence electrons. The highest BCUT2D eigenvalue weighted by molar-refractivity contribution is 5.37. The van der Waals surface area contributed by atoms with Crippen LogP contribution < -0.4 is 11.1 Å². The SMILES string of the molecule is CC1(C)C(O)CC1NC1CC(N)c2ccccc21. The van der Waals surface area contributed by atoms with E-state index in [1.165, 1.54) is 11.1 Å². The molecule has 3 heteroatoms. The summed E-state index contributed by atoms with van der Waals surface area (Å²) in [7, 11) is 0. The largest absolute Gasteiger partial charge is 0.392 e. The van der Waals surface area contributed by atoms with Gasteiger partial charge >= 0.3 is 0 Å². The van der Waals surface area contributed by atoms with Gasteiger partial charge in [-0.1, -0.05) is 38.1 Å². The summed E-state index contributed by atoms with van der Waals surface area (Å²) in [4.78, 5) is 0. The molecule has 0 amide bonds. The van der Waals surface area contributed by atoms with Crippen LogP contribution in [0.2, 0.25) is 0 Å². The second-order valence-electron chi connectivity index (χ2n) is 6.32. The first-order valence-electron chi connectivity index (χ1n) is 6.78. The van der Waals surface area contributed by atoms with Gasteiger partial charge in [-0.25, -0.2) is 0 Å². The van der Waals surface area contributed by atoms with Crippen LogP contribution in [0.15, 0.2) is 24.3 Å². The maximum absolute atomic E-state index is 9.80. The van der Waals surface area contributed by atoms with E-state index in [1.807, 2.05) is 0 Å². The van der Waals surface area contributed by atoms with E-state index in [4.69, 9.17) is 5.73 Å². The Balaban J connectivity index is 1.77. The highest BCUT2D eigenvalue weighted by Crippen LogP contribution is 2.44. The average Bonchev–Trinajstić information content (AvgIpc) is 2.67. The van der Waals surface area contributed by atoms with E-state index in [0.29, 0.717) is 12.1 Å². The highest BCUT2D eigenvalue weighted by Gasteiger charge is 2.48. The molecule has 0 bridgehead atoms. The standard InChI is InChI=1S/C15H22N2O/c1-15(2)13(8-14(15)18)17-12-7-11(16)9-5-3-4-6-10(9)12/h3-6,11-14,17-18H,7-8,16H2,1-2H3. The Bertz CT molecular complexity index is 458. The molecule has 4 atom stereocenters. The normalized spacial score (nSPS) is 37.1. The third-order valence-corrected chi connectivity index (χ3v) is 4.88. The lowest BCUT2D eigenvalue weighted by molar-refractivity contribution is -0.0761. The minimum atomic E-state index is -0.180. The maximum Gasteiger partial charge on any atom is 0.0621 e. The molecule has 1 aromatic rings. The first-order chi connectivity index (χ1) is 8.50. The van der Waals surface area contributed by atoms with Crippen molar-refractivity contribution in [1.82, 2.24) is 5.32 Å². The van der Waals surface area contributed by atoms with Crippen LogP contribution in [-0.4, -0.2) is 17.3 Å². The molecule has 3 nitrogen and oxygen atoms in total. The van der Waals surface area contributed by atoms with Crippen LogP contribution >= 0.6 is 0 Å². The van der Waals surface area contributed by atoms with Gasteiger partial charge in [0.1, 0.15) is 0 Å². The smallest absolute Gasteiger partial charge is 0.0621 e. The summed E-state index contributed by atoms with van der Waals surface area (Å²) in [6.07, 6.45) is 1.63. The van der Waals surface area contributed by atoms with Crippen molar-refractivity contribution in [1.29, 1.82) is 0 Å². The van der Waals surface area contributed by atoms with E-state index in [9.17, 15) is 5.11 Å². The van der Waals surface area contributed by atoms with Gasteiger partial charge in [0.2, 0.25) is 0 Å². The lowest BCUT2D eigenvalue weighted by Crippen LogP contribution is -2.60. The molecule has 1 aromatic carbocycles. The molecule has 0 saturated heterocycles. The summed E-state index contributed by atoms with van der Waals surface area (Å²) in [5, 5.41) is 13.5. The van der Waals surface area contributed by atoms with E-state index >= 15 is 0 Å². The van der Waals surface area contributed by atoms with Crippen molar-refractivity contribution >= 4 is 0 Å². The minimum absolute atomic E-state index is 0.0262. The number of fused-ring (bicyclic) bond motifs is 1. The summed E-state index contributed by atoms with van der Waals surface area (Å²) >= 11 is 0. The Kier molecular flexibility index (Phi) is 2.73. The molecule has 2 aliphatic carbocycles. The second kappa shape index (κ2) is 4.05. The Morgan fingerprint density at radius 1 is 1.22 bits per heavy atom. The van der Waals surface area contributed by atoms with Crippen LogP contribution in [0, 0.1) is 5.41 Å². The van der Waals surface area contributed by atoms with Crippen molar-refractivity contribution in [2.24, 2.45) is 11.1 Å². The summed E-state index contributed by atoms with van der Waals surface area (Å²) in [6, 6.07) is 9.30. The number of hydrogen-bond donors (Lipinski definition) is 3. The number of benzene rings is 1. The fourth-order valence-electron chi connectivity index (χ4n) is 3.26. The van der Waals surface area contributed by atoms with Crippen LogP contribution in [0.25, 0.3) is 0 Å². The lowest BCUT2D eigenvalue weighted by atomic mass is 9.64. The third-order valence-electron chi connectivity index (χ3n) is 4.88. The number of hydrogen-bond acceptors (Lipinski definition) is 3. The van der Waals surface area contributed by atoms with Gasteiger partial charge < -0.3 is 16.2 Å². The van der Waals surface area contributed by atoms with Gasteiger partial charge in [0, 0.05) is 23.5 Å². The van der Waals surface area contributed by atoms with E-state index in [1.54, 1.807) is 0 Å². The molecule has 2 aliphatic rings. The van der Waals surface area contributed by atoms with Crippen molar-refractivity contribution in [3.05, 3.63) is 35.4 Å². The Labute approximate surface area is 108 Å². The average molecular weight is 246 g/mol. The van der Waals surface area contributed by atoms with Crippen molar-refractivity contribution in [3.8, 4) is 0 Å². The van der Waals surface area contributed by atoms with E-state index < -0.39 is 0 Å². The van der Waals surface area contributed by atoms with Crippen LogP contribution in [-0.2, 0) is 0 Å². The fourth-order valence-corrected chi connectivity index (χ4v) is 3.26. The zero-order valence-corrected chi connectivity index (χ0v) is 11.1. The first kappa shape index (κ1) is 12.2. The highest BCUT2D eigenvalue weighted by atomic mass is 16.3. The van der Waals surface area contributed by atoms with Gasteiger partial charge in [0.05, 0.1) is 6.10 Å². The summed E-state index contributed by atoms with van der Waals surface area (Å²) in [5.41, 5.74) is 8.76. The van der Waals surface area contributed by atoms with Gasteiger partial charge in [-0.3, -0.25) is 0 Å². The minimum Gasteiger partial charge on any atom is -0.392 e. The number of rotatable bonds is 2. The van der Waals surface area contributed by atoms with Gasteiger partial charge in [-0.05, 0) is 24.0 Å². The van der Waals surface area contributed by atoms with Crippen molar-refractivity contribution < 1.29 is 5.11 Å². The van der Waals surface area contributed by atoms with E-state index in [-0.39, 0.29) is 17.6 Å². The molecule has 1 saturated carbocycles. The Hall–Kier alpha value is -0.900. The number of nitrogens with one attached hydrogen (secondary N) is 1. The topological polar surface area (TPSA) is 58.3 Å². The van der Waals surface area contributed by atoms with Crippen molar-refractivity contribution in [3.63, 3.8) is 0 Å². The monoisotopic (exact) mass is 246 g/mol. The van der Waals surface area contributed by atoms with Gasteiger partial charge in [0.25, 0.3) is 0 Å². The van der Waals surface area contributed by atoms with Crippen LogP contribution in [0.3, 0.4) is 0 Å². The second-order valence-corrected chi connectivity index (χ2v) is 6.32. The molecule has 0 heterocycles. The predicted molar refractivity (Wildman–Crippen MR) is 72.1 cm³/mol. The van der Waals surface area contributed by atoms with Gasteiger partial charge in [0.15, 0.2) is 0 Å². The van der Waals surface area contributed by atoms with Crippen LogP contribution in [0.5, 0.6) is 0 Å². The predicted octanol–water partition coefficient (Wildman–Crippen LogP) is 1.88. The number of nitrogens with two attached hydrogens (primary N) is 1. The zero-order chi connectivity index (χ0) is 12.9. The first-order valence-corrected chi connectivity index (χ1v) is 6.78. The van der Waals surface area contributed by atoms with Crippen molar-refractivity contribution in [2.75, 3.05) is 0 Å². The Morgan fingerprint density at radius 2 is 1.89 bits per heavy atom. The van der Waals surface area contributed by atoms with Crippen LogP contribution in [0.1, 0.15) is 49.9 Å². The van der Waals surface area contributed by atoms with E-state index in [2.05, 4.69) is 43.4 Å². The number of aliphatic hydroxyl groups is 1. The molecule has 4 N–H and O–H groups in total. The molecule has 3 rings (SSSR count). The molecule has 0 aliphatic heterocycles. The fraction of sp³-hybridized carbons (Fsp3) is 0.600. The molecule has 0 radical (unpaired) electrons. The van der Waals surface area contributed by atoms with E-state index in [0.717, 1.165) is 12.8 Å².